The maximum atomic E-state index is 12.9. The molecule has 4 aromatic rings. The highest BCUT2D eigenvalue weighted by Gasteiger charge is 2.16. The number of hydrogen-bond acceptors (Lipinski definition) is 6. The molecule has 0 spiro atoms. The first-order chi connectivity index (χ1) is 14.7. The number of nitrogens with zero attached hydrogens (tertiary/aromatic N) is 3. The van der Waals surface area contributed by atoms with E-state index in [2.05, 4.69) is 20.4 Å². The normalized spacial score (nSPS) is 10.6. The molecular weight excluding hydrogens is 380 g/mol. The van der Waals surface area contributed by atoms with Gasteiger partial charge in [-0.25, -0.2) is 0 Å². The van der Waals surface area contributed by atoms with Crippen LogP contribution >= 0.6 is 0 Å². The third-order valence-corrected chi connectivity index (χ3v) is 4.43. The van der Waals surface area contributed by atoms with Crippen LogP contribution in [-0.2, 0) is 6.42 Å². The summed E-state index contributed by atoms with van der Waals surface area (Å²) in [5, 5.41) is 6.99. The molecule has 1 amide bonds. The summed E-state index contributed by atoms with van der Waals surface area (Å²) in [6.45, 7) is 2.37. The van der Waals surface area contributed by atoms with Crippen LogP contribution in [0.4, 0.5) is 5.69 Å². The van der Waals surface area contributed by atoms with E-state index in [9.17, 15) is 4.79 Å². The molecule has 0 aliphatic heterocycles. The van der Waals surface area contributed by atoms with E-state index in [0.717, 1.165) is 11.1 Å². The molecule has 2 aromatic heterocycles. The second kappa shape index (κ2) is 9.00. The Morgan fingerprint density at radius 1 is 1.07 bits per heavy atom. The Kier molecular flexibility index (Phi) is 5.80. The summed E-state index contributed by atoms with van der Waals surface area (Å²) in [4.78, 5) is 21.4. The average molecular weight is 400 g/mol. The van der Waals surface area contributed by atoms with Crippen molar-refractivity contribution >= 4 is 11.6 Å². The molecule has 7 heteroatoms. The summed E-state index contributed by atoms with van der Waals surface area (Å²) in [6.07, 6.45) is 3.75. The van der Waals surface area contributed by atoms with Crippen LogP contribution in [0.15, 0.2) is 77.6 Å². The largest absolute Gasteiger partial charge is 0.493 e. The zero-order valence-corrected chi connectivity index (χ0v) is 16.4. The predicted octanol–water partition coefficient (Wildman–Crippen LogP) is 4.37. The maximum Gasteiger partial charge on any atom is 0.259 e. The van der Waals surface area contributed by atoms with E-state index < -0.39 is 0 Å². The average Bonchev–Trinajstić information content (AvgIpc) is 3.25. The van der Waals surface area contributed by atoms with Gasteiger partial charge in [-0.05, 0) is 42.8 Å². The Balaban J connectivity index is 1.54. The molecule has 30 heavy (non-hydrogen) atoms. The van der Waals surface area contributed by atoms with E-state index in [1.807, 2.05) is 55.5 Å². The number of ether oxygens (including phenoxy) is 1. The van der Waals surface area contributed by atoms with Crippen molar-refractivity contribution in [3.05, 3.63) is 90.1 Å². The van der Waals surface area contributed by atoms with E-state index in [4.69, 9.17) is 9.26 Å². The zero-order chi connectivity index (χ0) is 20.8. The van der Waals surface area contributed by atoms with Crippen LogP contribution in [0.1, 0.15) is 28.7 Å². The quantitative estimate of drug-likeness (QED) is 0.495. The molecule has 2 heterocycles. The molecule has 0 atom stereocenters. The number of aromatic nitrogens is 3. The monoisotopic (exact) mass is 400 g/mol. The van der Waals surface area contributed by atoms with Crippen molar-refractivity contribution < 1.29 is 14.1 Å². The van der Waals surface area contributed by atoms with Crippen LogP contribution in [0.25, 0.3) is 11.4 Å². The van der Waals surface area contributed by atoms with Crippen molar-refractivity contribution in [2.45, 2.75) is 13.3 Å². The van der Waals surface area contributed by atoms with Gasteiger partial charge >= 0.3 is 0 Å². The number of carbonyl (C=O) groups is 1. The molecule has 2 aromatic carbocycles. The fraction of sp³-hybridized carbons (Fsp3) is 0.130. The van der Waals surface area contributed by atoms with Gasteiger partial charge in [0.1, 0.15) is 5.75 Å². The summed E-state index contributed by atoms with van der Waals surface area (Å²) < 4.78 is 11.0. The smallest absolute Gasteiger partial charge is 0.259 e. The highest BCUT2D eigenvalue weighted by Crippen LogP contribution is 2.23. The van der Waals surface area contributed by atoms with Gasteiger partial charge in [0.05, 0.1) is 18.6 Å². The molecule has 1 N–H and O–H groups in total. The van der Waals surface area contributed by atoms with Crippen molar-refractivity contribution in [2.24, 2.45) is 0 Å². The van der Waals surface area contributed by atoms with Gasteiger partial charge in [-0.1, -0.05) is 35.5 Å². The fourth-order valence-electron chi connectivity index (χ4n) is 3.02. The van der Waals surface area contributed by atoms with Gasteiger partial charge in [-0.2, -0.15) is 4.98 Å². The third kappa shape index (κ3) is 4.35. The second-order valence-corrected chi connectivity index (χ2v) is 6.47. The SMILES string of the molecule is CCOc1ccccc1C(=O)Nc1ccccc1Cc1nc(-c2cccnc2)no1. The molecule has 0 saturated heterocycles. The lowest BCUT2D eigenvalue weighted by molar-refractivity contribution is 0.102. The van der Waals surface area contributed by atoms with E-state index >= 15 is 0 Å². The van der Waals surface area contributed by atoms with Crippen molar-refractivity contribution in [2.75, 3.05) is 11.9 Å². The fourth-order valence-corrected chi connectivity index (χ4v) is 3.02. The van der Waals surface area contributed by atoms with Gasteiger partial charge in [0.2, 0.25) is 11.7 Å². The van der Waals surface area contributed by atoms with E-state index in [-0.39, 0.29) is 5.91 Å². The molecule has 4 rings (SSSR count). The van der Waals surface area contributed by atoms with Crippen molar-refractivity contribution in [3.8, 4) is 17.1 Å². The number of carbonyl (C=O) groups excluding carboxylic acids is 1. The number of rotatable bonds is 7. The molecule has 0 saturated carbocycles. The lowest BCUT2D eigenvalue weighted by Crippen LogP contribution is -2.15. The maximum absolute atomic E-state index is 12.9. The first kappa shape index (κ1) is 19.3. The summed E-state index contributed by atoms with van der Waals surface area (Å²) >= 11 is 0. The summed E-state index contributed by atoms with van der Waals surface area (Å²) in [5.74, 6) is 1.23. The van der Waals surface area contributed by atoms with Gasteiger partial charge < -0.3 is 14.6 Å². The topological polar surface area (TPSA) is 90.1 Å². The minimum Gasteiger partial charge on any atom is -0.493 e. The van der Waals surface area contributed by atoms with Crippen LogP contribution < -0.4 is 10.1 Å². The number of anilines is 1. The highest BCUT2D eigenvalue weighted by atomic mass is 16.5. The van der Waals surface area contributed by atoms with Gasteiger partial charge in [-0.15, -0.1) is 0 Å². The molecule has 0 aliphatic rings. The molecule has 0 bridgehead atoms. The number of nitrogens with one attached hydrogen (secondary N) is 1. The third-order valence-electron chi connectivity index (χ3n) is 4.43. The first-order valence-electron chi connectivity index (χ1n) is 9.58. The molecule has 0 radical (unpaired) electrons. The van der Waals surface area contributed by atoms with E-state index in [1.54, 1.807) is 24.5 Å². The lowest BCUT2D eigenvalue weighted by Gasteiger charge is -2.12. The Labute approximate surface area is 173 Å². The highest BCUT2D eigenvalue weighted by molar-refractivity contribution is 6.06. The molecule has 0 fully saturated rings. The second-order valence-electron chi connectivity index (χ2n) is 6.47. The Bertz CT molecular complexity index is 1140. The summed E-state index contributed by atoms with van der Waals surface area (Å²) in [7, 11) is 0. The van der Waals surface area contributed by atoms with Crippen LogP contribution in [-0.4, -0.2) is 27.6 Å². The van der Waals surface area contributed by atoms with Gasteiger partial charge in [-0.3, -0.25) is 9.78 Å². The molecule has 150 valence electrons. The molecular formula is C23H20N4O3. The van der Waals surface area contributed by atoms with E-state index in [0.29, 0.717) is 41.7 Å². The summed E-state index contributed by atoms with van der Waals surface area (Å²) in [6, 6.07) is 18.4. The summed E-state index contributed by atoms with van der Waals surface area (Å²) in [5.41, 5.74) is 2.79. The Morgan fingerprint density at radius 2 is 1.90 bits per heavy atom. The van der Waals surface area contributed by atoms with Crippen LogP contribution in [0.5, 0.6) is 5.75 Å². The zero-order valence-electron chi connectivity index (χ0n) is 16.4. The van der Waals surface area contributed by atoms with Crippen LogP contribution in [0, 0.1) is 0 Å². The Morgan fingerprint density at radius 3 is 2.73 bits per heavy atom. The number of para-hydroxylation sites is 2. The first-order valence-corrected chi connectivity index (χ1v) is 9.58. The molecule has 0 aliphatic carbocycles. The van der Waals surface area contributed by atoms with Crippen molar-refractivity contribution in [3.63, 3.8) is 0 Å². The van der Waals surface area contributed by atoms with Crippen molar-refractivity contribution in [1.82, 2.24) is 15.1 Å². The standard InChI is InChI=1S/C23H20N4O3/c1-2-29-20-12-6-4-10-18(20)23(28)25-19-11-5-3-8-16(19)14-21-26-22(27-30-21)17-9-7-13-24-15-17/h3-13,15H,2,14H2,1H3,(H,25,28). The van der Waals surface area contributed by atoms with Crippen LogP contribution in [0.2, 0.25) is 0 Å². The molecule has 7 nitrogen and oxygen atoms in total. The van der Waals surface area contributed by atoms with Gasteiger partial charge in [0, 0.05) is 23.6 Å². The van der Waals surface area contributed by atoms with Gasteiger partial charge in [0.15, 0.2) is 0 Å². The van der Waals surface area contributed by atoms with Gasteiger partial charge in [0.25, 0.3) is 5.91 Å². The molecule has 0 unspecified atom stereocenters. The minimum absolute atomic E-state index is 0.243. The number of amides is 1. The number of hydrogen-bond donors (Lipinski definition) is 1. The Hall–Kier alpha value is -4.00. The number of pyridine rings is 1. The minimum atomic E-state index is -0.243. The van der Waals surface area contributed by atoms with Crippen molar-refractivity contribution in [1.29, 1.82) is 0 Å². The van der Waals surface area contributed by atoms with Crippen LogP contribution in [0.3, 0.4) is 0 Å². The predicted molar refractivity (Wildman–Crippen MR) is 112 cm³/mol. The van der Waals surface area contributed by atoms with E-state index in [1.165, 1.54) is 0 Å². The number of benzene rings is 2. The lowest BCUT2D eigenvalue weighted by atomic mass is 10.1.